The molecule has 1 N–H and O–H groups in total. The van der Waals surface area contributed by atoms with Gasteiger partial charge in [0.05, 0.1) is 18.3 Å². The van der Waals surface area contributed by atoms with Crippen LogP contribution in [0.3, 0.4) is 0 Å². The number of oxazole rings is 1. The lowest BCUT2D eigenvalue weighted by Gasteiger charge is -2.03. The van der Waals surface area contributed by atoms with E-state index in [9.17, 15) is 9.59 Å². The number of rotatable bonds is 5. The fourth-order valence-electron chi connectivity index (χ4n) is 2.37. The Bertz CT molecular complexity index is 1070. The summed E-state index contributed by atoms with van der Waals surface area (Å²) in [4.78, 5) is 28.1. The van der Waals surface area contributed by atoms with Gasteiger partial charge in [-0.05, 0) is 24.3 Å². The van der Waals surface area contributed by atoms with Crippen LogP contribution in [0.25, 0.3) is 22.8 Å². The predicted molar refractivity (Wildman–Crippen MR) is 84.3 cm³/mol. The second-order valence-electron chi connectivity index (χ2n) is 5.19. The highest BCUT2D eigenvalue weighted by molar-refractivity contribution is 5.79. The van der Waals surface area contributed by atoms with Crippen molar-refractivity contribution in [3.63, 3.8) is 0 Å². The lowest BCUT2D eigenvalue weighted by molar-refractivity contribution is -0.121. The maximum atomic E-state index is 12.1. The van der Waals surface area contributed by atoms with E-state index in [1.165, 1.54) is 10.8 Å². The molecule has 4 aromatic rings. The minimum Gasteiger partial charge on any atom is -0.459 e. The summed E-state index contributed by atoms with van der Waals surface area (Å²) in [6.45, 7) is -0.105. The second kappa shape index (κ2) is 6.11. The van der Waals surface area contributed by atoms with Gasteiger partial charge in [-0.3, -0.25) is 9.36 Å². The number of aromatic nitrogens is 3. The molecule has 0 spiro atoms. The van der Waals surface area contributed by atoms with E-state index < -0.39 is 5.76 Å². The van der Waals surface area contributed by atoms with Crippen LogP contribution in [-0.4, -0.2) is 20.6 Å². The normalized spacial score (nSPS) is 11.0. The fraction of sp³-hybridized carbons (Fsp3) is 0.125. The van der Waals surface area contributed by atoms with Gasteiger partial charge in [-0.15, -0.1) is 0 Å². The first-order chi connectivity index (χ1) is 12.2. The number of hydrogen-bond acceptors (Lipinski definition) is 7. The van der Waals surface area contributed by atoms with Gasteiger partial charge in [0.25, 0.3) is 5.89 Å². The molecular weight excluding hydrogens is 328 g/mol. The van der Waals surface area contributed by atoms with Crippen molar-refractivity contribution in [3.05, 3.63) is 59.0 Å². The number of carbonyl (C=O) groups excluding carboxylic acids is 1. The average molecular weight is 340 g/mol. The molecule has 4 rings (SSSR count). The number of nitrogens with zero attached hydrogens (tertiary/aromatic N) is 3. The van der Waals surface area contributed by atoms with Crippen LogP contribution in [-0.2, 0) is 17.9 Å². The van der Waals surface area contributed by atoms with Gasteiger partial charge in [0.15, 0.2) is 17.2 Å². The zero-order valence-electron chi connectivity index (χ0n) is 12.8. The first-order valence-corrected chi connectivity index (χ1v) is 7.42. The molecule has 0 radical (unpaired) electrons. The van der Waals surface area contributed by atoms with Crippen molar-refractivity contribution in [2.45, 2.75) is 13.1 Å². The number of carbonyl (C=O) groups is 1. The highest BCUT2D eigenvalue weighted by Gasteiger charge is 2.14. The highest BCUT2D eigenvalue weighted by Crippen LogP contribution is 2.16. The van der Waals surface area contributed by atoms with E-state index in [0.717, 1.165) is 0 Å². The van der Waals surface area contributed by atoms with Crippen molar-refractivity contribution in [2.75, 3.05) is 0 Å². The van der Waals surface area contributed by atoms with Crippen molar-refractivity contribution in [3.8, 4) is 11.7 Å². The molecule has 0 saturated heterocycles. The summed E-state index contributed by atoms with van der Waals surface area (Å²) in [7, 11) is 0. The van der Waals surface area contributed by atoms with Crippen LogP contribution >= 0.6 is 0 Å². The zero-order valence-corrected chi connectivity index (χ0v) is 12.8. The molecule has 3 aromatic heterocycles. The van der Waals surface area contributed by atoms with Crippen LogP contribution in [0.4, 0.5) is 0 Å². The molecular formula is C16H12N4O5. The minimum absolute atomic E-state index is 0.0631. The Balaban J connectivity index is 1.42. The van der Waals surface area contributed by atoms with Gasteiger partial charge in [-0.1, -0.05) is 17.3 Å². The largest absolute Gasteiger partial charge is 0.459 e. The summed E-state index contributed by atoms with van der Waals surface area (Å²) in [5.74, 6) is 0.00552. The standard InChI is InChI=1S/C16H12N4O5/c21-14(9-20-10-4-1-2-5-11(10)24-16(20)22)17-8-13-18-15(25-19-13)12-6-3-7-23-12/h1-7H,8-9H2,(H,17,21). The number of para-hydroxylation sites is 2. The molecule has 9 nitrogen and oxygen atoms in total. The molecule has 1 aromatic carbocycles. The van der Waals surface area contributed by atoms with Crippen LogP contribution in [0, 0.1) is 0 Å². The van der Waals surface area contributed by atoms with E-state index in [1.54, 1.807) is 36.4 Å². The fourth-order valence-corrected chi connectivity index (χ4v) is 2.37. The number of furan rings is 1. The van der Waals surface area contributed by atoms with E-state index in [0.29, 0.717) is 22.7 Å². The van der Waals surface area contributed by atoms with Gasteiger partial charge in [0.1, 0.15) is 6.54 Å². The number of fused-ring (bicyclic) bond motifs is 1. The van der Waals surface area contributed by atoms with Crippen molar-refractivity contribution < 1.29 is 18.2 Å². The van der Waals surface area contributed by atoms with Crippen LogP contribution in [0.15, 0.2) is 60.8 Å². The van der Waals surface area contributed by atoms with E-state index in [1.807, 2.05) is 0 Å². The summed E-state index contributed by atoms with van der Waals surface area (Å²) in [6, 6.07) is 10.3. The van der Waals surface area contributed by atoms with Gasteiger partial charge in [-0.25, -0.2) is 4.79 Å². The van der Waals surface area contributed by atoms with E-state index in [4.69, 9.17) is 13.4 Å². The van der Waals surface area contributed by atoms with Gasteiger partial charge in [0.2, 0.25) is 5.91 Å². The van der Waals surface area contributed by atoms with Crippen LogP contribution in [0.5, 0.6) is 0 Å². The first-order valence-electron chi connectivity index (χ1n) is 7.42. The molecule has 0 unspecified atom stereocenters. The van der Waals surface area contributed by atoms with Gasteiger partial charge < -0.3 is 18.7 Å². The lowest BCUT2D eigenvalue weighted by atomic mass is 10.3. The summed E-state index contributed by atoms with van der Waals surface area (Å²) in [5.41, 5.74) is 0.990. The van der Waals surface area contributed by atoms with E-state index in [2.05, 4.69) is 15.5 Å². The Morgan fingerprint density at radius 2 is 2.08 bits per heavy atom. The monoisotopic (exact) mass is 340 g/mol. The minimum atomic E-state index is -0.587. The van der Waals surface area contributed by atoms with Crippen LogP contribution in [0.2, 0.25) is 0 Å². The van der Waals surface area contributed by atoms with Crippen molar-refractivity contribution in [1.29, 1.82) is 0 Å². The summed E-state index contributed by atoms with van der Waals surface area (Å²) in [6.07, 6.45) is 1.49. The highest BCUT2D eigenvalue weighted by atomic mass is 16.5. The number of hydrogen-bond donors (Lipinski definition) is 1. The summed E-state index contributed by atoms with van der Waals surface area (Å²) < 4.78 is 16.5. The Morgan fingerprint density at radius 3 is 2.92 bits per heavy atom. The third kappa shape index (κ3) is 2.94. The molecule has 9 heteroatoms. The quantitative estimate of drug-likeness (QED) is 0.586. The van der Waals surface area contributed by atoms with Gasteiger partial charge in [-0.2, -0.15) is 4.98 Å². The smallest absolute Gasteiger partial charge is 0.420 e. The van der Waals surface area contributed by atoms with Crippen molar-refractivity contribution in [1.82, 2.24) is 20.0 Å². The molecule has 0 atom stereocenters. The molecule has 0 aliphatic rings. The molecule has 25 heavy (non-hydrogen) atoms. The third-order valence-electron chi connectivity index (χ3n) is 3.52. The number of amides is 1. The molecule has 0 fully saturated rings. The van der Waals surface area contributed by atoms with Crippen LogP contribution < -0.4 is 11.1 Å². The Morgan fingerprint density at radius 1 is 1.20 bits per heavy atom. The molecule has 0 aliphatic heterocycles. The van der Waals surface area contributed by atoms with Crippen LogP contribution in [0.1, 0.15) is 5.82 Å². The SMILES string of the molecule is O=C(Cn1c(=O)oc2ccccc21)NCc1noc(-c2ccco2)n1. The second-order valence-corrected chi connectivity index (χ2v) is 5.19. The Labute approximate surface area is 139 Å². The molecule has 126 valence electrons. The Hall–Kier alpha value is -3.62. The molecule has 0 aliphatic carbocycles. The molecule has 3 heterocycles. The zero-order chi connectivity index (χ0) is 17.2. The van der Waals surface area contributed by atoms with Gasteiger partial charge >= 0.3 is 5.76 Å². The topological polar surface area (TPSA) is 116 Å². The van der Waals surface area contributed by atoms with E-state index >= 15 is 0 Å². The van der Waals surface area contributed by atoms with Crippen molar-refractivity contribution >= 4 is 17.0 Å². The van der Waals surface area contributed by atoms with Crippen molar-refractivity contribution in [2.24, 2.45) is 0 Å². The summed E-state index contributed by atoms with van der Waals surface area (Å²) in [5, 5.41) is 6.39. The predicted octanol–water partition coefficient (Wildman–Crippen LogP) is 1.55. The maximum Gasteiger partial charge on any atom is 0.420 e. The maximum absolute atomic E-state index is 12.1. The van der Waals surface area contributed by atoms with Gasteiger partial charge in [0, 0.05) is 0 Å². The molecule has 0 bridgehead atoms. The molecule has 1 amide bonds. The lowest BCUT2D eigenvalue weighted by Crippen LogP contribution is -2.30. The summed E-state index contributed by atoms with van der Waals surface area (Å²) >= 11 is 0. The third-order valence-corrected chi connectivity index (χ3v) is 3.52. The first kappa shape index (κ1) is 14.9. The average Bonchev–Trinajstić information content (AvgIpc) is 3.33. The van der Waals surface area contributed by atoms with E-state index in [-0.39, 0.29) is 24.9 Å². The number of nitrogens with one attached hydrogen (secondary N) is 1. The molecule has 0 saturated carbocycles. The number of benzene rings is 1. The Kier molecular flexibility index (Phi) is 3.65.